The first kappa shape index (κ1) is 15.3. The monoisotopic (exact) mass is 278 g/mol. The number of hydrogen-bond acceptors (Lipinski definition) is 2. The van der Waals surface area contributed by atoms with E-state index in [1.54, 1.807) is 26.1 Å². The lowest BCUT2D eigenvalue weighted by molar-refractivity contribution is -0.123. The molecular weight excluding hydrogens is 264 g/mol. The molecule has 0 bridgehead atoms. The molecule has 0 spiro atoms. The van der Waals surface area contributed by atoms with Crippen LogP contribution in [0.5, 0.6) is 0 Å². The Balaban J connectivity index is 2.74. The lowest BCUT2D eigenvalue weighted by atomic mass is 10.1. The summed E-state index contributed by atoms with van der Waals surface area (Å²) in [6, 6.07) is 4.68. The molecule has 1 rings (SSSR count). The van der Waals surface area contributed by atoms with Gasteiger partial charge in [-0.3, -0.25) is 4.79 Å². The number of benzene rings is 1. The van der Waals surface area contributed by atoms with Gasteiger partial charge in [0.15, 0.2) is 0 Å². The average molecular weight is 278 g/mol. The molecule has 0 fully saturated rings. The second-order valence-corrected chi connectivity index (χ2v) is 4.02. The summed E-state index contributed by atoms with van der Waals surface area (Å²) in [6.07, 6.45) is -3.81. The molecule has 1 aromatic carbocycles. The Labute approximate surface area is 108 Å². The van der Waals surface area contributed by atoms with Crippen LogP contribution < -0.4 is 10.6 Å². The molecular formula is C12H14F4N2O. The van der Waals surface area contributed by atoms with Crippen molar-refractivity contribution in [3.8, 4) is 0 Å². The van der Waals surface area contributed by atoms with Crippen LogP contribution in [0.3, 0.4) is 0 Å². The molecule has 19 heavy (non-hydrogen) atoms. The second-order valence-electron chi connectivity index (χ2n) is 4.02. The number of aryl methyl sites for hydroxylation is 1. The summed E-state index contributed by atoms with van der Waals surface area (Å²) in [5.41, 5.74) is 1.49. The van der Waals surface area contributed by atoms with E-state index in [4.69, 9.17) is 0 Å². The van der Waals surface area contributed by atoms with Gasteiger partial charge in [-0.05, 0) is 30.7 Å². The molecule has 0 aliphatic rings. The minimum Gasteiger partial charge on any atom is -0.388 e. The van der Waals surface area contributed by atoms with Crippen molar-refractivity contribution in [3.63, 3.8) is 0 Å². The first-order valence-corrected chi connectivity index (χ1v) is 5.50. The first-order chi connectivity index (χ1) is 8.77. The van der Waals surface area contributed by atoms with Crippen molar-refractivity contribution in [2.24, 2.45) is 0 Å². The predicted octanol–water partition coefficient (Wildman–Crippen LogP) is 2.67. The van der Waals surface area contributed by atoms with E-state index in [-0.39, 0.29) is 5.56 Å². The summed E-state index contributed by atoms with van der Waals surface area (Å²) >= 11 is 0. The summed E-state index contributed by atoms with van der Waals surface area (Å²) in [5.74, 6) is -5.03. The first-order valence-electron chi connectivity index (χ1n) is 5.50. The van der Waals surface area contributed by atoms with Crippen molar-refractivity contribution in [1.82, 2.24) is 5.32 Å². The van der Waals surface area contributed by atoms with Crippen molar-refractivity contribution < 1.29 is 22.4 Å². The molecule has 0 atom stereocenters. The molecule has 0 saturated carbocycles. The number of hydrogen-bond donors (Lipinski definition) is 2. The number of rotatable bonds is 5. The van der Waals surface area contributed by atoms with Gasteiger partial charge in [0, 0.05) is 18.3 Å². The number of carbonyl (C=O) groups excluding carboxylic acids is 1. The molecule has 1 aromatic rings. The number of nitrogens with one attached hydrogen (secondary N) is 2. The van der Waals surface area contributed by atoms with Crippen molar-refractivity contribution in [2.75, 3.05) is 18.9 Å². The van der Waals surface area contributed by atoms with E-state index in [2.05, 4.69) is 5.32 Å². The lowest BCUT2D eigenvalue weighted by Gasteiger charge is -2.16. The van der Waals surface area contributed by atoms with Crippen LogP contribution in [0.25, 0.3) is 0 Å². The molecule has 0 aliphatic carbocycles. The van der Waals surface area contributed by atoms with E-state index in [9.17, 15) is 22.4 Å². The van der Waals surface area contributed by atoms with Gasteiger partial charge in [-0.15, -0.1) is 0 Å². The van der Waals surface area contributed by atoms with Crippen molar-refractivity contribution >= 4 is 11.6 Å². The summed E-state index contributed by atoms with van der Waals surface area (Å²) < 4.78 is 49.2. The third kappa shape index (κ3) is 3.84. The number of amides is 1. The Morgan fingerprint density at radius 3 is 2.47 bits per heavy atom. The van der Waals surface area contributed by atoms with Crippen LogP contribution in [-0.2, 0) is 0 Å². The maximum atomic E-state index is 12.7. The van der Waals surface area contributed by atoms with E-state index in [0.29, 0.717) is 5.56 Å². The highest BCUT2D eigenvalue weighted by Crippen LogP contribution is 2.22. The van der Waals surface area contributed by atoms with Gasteiger partial charge in [-0.2, -0.15) is 8.78 Å². The second kappa shape index (κ2) is 5.90. The highest BCUT2D eigenvalue weighted by atomic mass is 19.3. The Bertz CT molecular complexity index is 463. The predicted molar refractivity (Wildman–Crippen MR) is 64.0 cm³/mol. The maximum Gasteiger partial charge on any atom is 0.324 e. The number of halogens is 4. The fraction of sp³-hybridized carbons (Fsp3) is 0.417. The van der Waals surface area contributed by atoms with E-state index in [1.165, 1.54) is 6.07 Å². The minimum absolute atomic E-state index is 0.170. The lowest BCUT2D eigenvalue weighted by Crippen LogP contribution is -2.41. The summed E-state index contributed by atoms with van der Waals surface area (Å²) in [7, 11) is 1.69. The topological polar surface area (TPSA) is 41.1 Å². The Morgan fingerprint density at radius 1 is 1.37 bits per heavy atom. The zero-order valence-electron chi connectivity index (χ0n) is 10.4. The third-order valence-electron chi connectivity index (χ3n) is 2.56. The summed E-state index contributed by atoms with van der Waals surface area (Å²) in [6.45, 7) is 0.234. The molecule has 1 amide bonds. The van der Waals surface area contributed by atoms with Gasteiger partial charge in [0.2, 0.25) is 0 Å². The molecule has 0 unspecified atom stereocenters. The molecule has 0 aromatic heterocycles. The Kier molecular flexibility index (Phi) is 4.74. The van der Waals surface area contributed by atoms with Gasteiger partial charge in [0.05, 0.1) is 6.54 Å². The van der Waals surface area contributed by atoms with Crippen LogP contribution in [0.15, 0.2) is 18.2 Å². The minimum atomic E-state index is -4.23. The Morgan fingerprint density at radius 2 is 2.00 bits per heavy atom. The van der Waals surface area contributed by atoms with Crippen molar-refractivity contribution in [2.45, 2.75) is 19.3 Å². The van der Waals surface area contributed by atoms with E-state index >= 15 is 0 Å². The van der Waals surface area contributed by atoms with Crippen LogP contribution in [0, 0.1) is 6.92 Å². The van der Waals surface area contributed by atoms with E-state index in [0.717, 1.165) is 5.69 Å². The summed E-state index contributed by atoms with van der Waals surface area (Å²) in [4.78, 5) is 11.6. The van der Waals surface area contributed by atoms with Gasteiger partial charge in [-0.1, -0.05) is 0 Å². The molecule has 3 nitrogen and oxygen atoms in total. The molecule has 0 aliphatic heterocycles. The summed E-state index contributed by atoms with van der Waals surface area (Å²) in [5, 5.41) is 4.66. The molecule has 7 heteroatoms. The quantitative estimate of drug-likeness (QED) is 0.813. The van der Waals surface area contributed by atoms with Crippen LogP contribution in [-0.4, -0.2) is 31.8 Å². The third-order valence-corrected chi connectivity index (χ3v) is 2.56. The number of alkyl halides is 4. The van der Waals surface area contributed by atoms with Crippen LogP contribution >= 0.6 is 0 Å². The normalized spacial score (nSPS) is 11.5. The zero-order chi connectivity index (χ0) is 14.6. The largest absolute Gasteiger partial charge is 0.388 e. The average Bonchev–Trinajstić information content (AvgIpc) is 2.35. The number of carbonyl (C=O) groups is 1. The van der Waals surface area contributed by atoms with E-state index in [1.807, 2.05) is 5.32 Å². The van der Waals surface area contributed by atoms with E-state index < -0.39 is 24.8 Å². The highest BCUT2D eigenvalue weighted by Gasteiger charge is 2.40. The van der Waals surface area contributed by atoms with Gasteiger partial charge >= 0.3 is 12.3 Å². The molecule has 0 heterocycles. The van der Waals surface area contributed by atoms with Gasteiger partial charge in [-0.25, -0.2) is 8.78 Å². The van der Waals surface area contributed by atoms with Crippen molar-refractivity contribution in [3.05, 3.63) is 29.3 Å². The fourth-order valence-electron chi connectivity index (χ4n) is 1.44. The Hall–Kier alpha value is -1.79. The SMILES string of the molecule is CNc1ccc(C(=O)NCC(F)(F)C(F)F)c(C)c1. The molecule has 2 N–H and O–H groups in total. The van der Waals surface area contributed by atoms with Gasteiger partial charge < -0.3 is 10.6 Å². The highest BCUT2D eigenvalue weighted by molar-refractivity contribution is 5.96. The van der Waals surface area contributed by atoms with Crippen LogP contribution in [0.4, 0.5) is 23.2 Å². The van der Waals surface area contributed by atoms with Crippen LogP contribution in [0.1, 0.15) is 15.9 Å². The molecule has 0 saturated heterocycles. The standard InChI is InChI=1S/C12H14F4N2O/c1-7-5-8(17-2)3-4-9(7)10(19)18-6-12(15,16)11(13)14/h3-5,11,17H,6H2,1-2H3,(H,18,19). The van der Waals surface area contributed by atoms with Gasteiger partial charge in [0.1, 0.15) is 0 Å². The van der Waals surface area contributed by atoms with Gasteiger partial charge in [0.25, 0.3) is 5.91 Å². The van der Waals surface area contributed by atoms with Crippen LogP contribution in [0.2, 0.25) is 0 Å². The fourth-order valence-corrected chi connectivity index (χ4v) is 1.44. The molecule has 0 radical (unpaired) electrons. The number of anilines is 1. The van der Waals surface area contributed by atoms with Crippen molar-refractivity contribution in [1.29, 1.82) is 0 Å². The maximum absolute atomic E-state index is 12.7. The molecule has 106 valence electrons. The zero-order valence-corrected chi connectivity index (χ0v) is 10.4. The smallest absolute Gasteiger partial charge is 0.324 e.